The van der Waals surface area contributed by atoms with Crippen molar-refractivity contribution in [3.05, 3.63) is 24.3 Å². The minimum atomic E-state index is -0.662. The predicted molar refractivity (Wildman–Crippen MR) is 50.5 cm³/mol. The Bertz CT molecular complexity index is 310. The first kappa shape index (κ1) is 10.3. The third kappa shape index (κ3) is 2.63. The number of benzene rings is 1. The standard InChI is InChI=1S/C9H12N2O3/c1-6(9(13)11-10)14-8-4-2-7(12)3-5-8/h2-6,12H,10H2,1H3,(H,11,13). The molecular formula is C9H12N2O3. The highest BCUT2D eigenvalue weighted by molar-refractivity contribution is 5.80. The van der Waals surface area contributed by atoms with E-state index in [1.54, 1.807) is 19.1 Å². The molecule has 1 amide bonds. The average molecular weight is 196 g/mol. The number of amides is 1. The lowest BCUT2D eigenvalue weighted by Crippen LogP contribution is -2.40. The van der Waals surface area contributed by atoms with Gasteiger partial charge < -0.3 is 9.84 Å². The van der Waals surface area contributed by atoms with Crippen molar-refractivity contribution in [2.45, 2.75) is 13.0 Å². The predicted octanol–water partition coefficient (Wildman–Crippen LogP) is 0.149. The Morgan fingerprint density at radius 1 is 1.50 bits per heavy atom. The van der Waals surface area contributed by atoms with Crippen LogP contribution in [-0.4, -0.2) is 17.1 Å². The van der Waals surface area contributed by atoms with Crippen LogP contribution in [0.5, 0.6) is 11.5 Å². The maximum absolute atomic E-state index is 11.0. The van der Waals surface area contributed by atoms with Crippen molar-refractivity contribution in [3.63, 3.8) is 0 Å². The fraction of sp³-hybridized carbons (Fsp3) is 0.222. The molecule has 1 rings (SSSR count). The number of nitrogens with two attached hydrogens (primary N) is 1. The van der Waals surface area contributed by atoms with Gasteiger partial charge in [0.1, 0.15) is 11.5 Å². The molecule has 1 aromatic rings. The van der Waals surface area contributed by atoms with E-state index in [2.05, 4.69) is 0 Å². The van der Waals surface area contributed by atoms with Crippen LogP contribution in [0.25, 0.3) is 0 Å². The van der Waals surface area contributed by atoms with E-state index >= 15 is 0 Å². The van der Waals surface area contributed by atoms with Gasteiger partial charge in [0.05, 0.1) is 0 Å². The Balaban J connectivity index is 2.60. The molecule has 0 aliphatic carbocycles. The molecule has 0 bridgehead atoms. The van der Waals surface area contributed by atoms with Crippen molar-refractivity contribution < 1.29 is 14.6 Å². The minimum Gasteiger partial charge on any atom is -0.508 e. The van der Waals surface area contributed by atoms with E-state index in [9.17, 15) is 4.79 Å². The van der Waals surface area contributed by atoms with Gasteiger partial charge in [-0.25, -0.2) is 5.84 Å². The second-order valence-electron chi connectivity index (χ2n) is 2.76. The average Bonchev–Trinajstić information content (AvgIpc) is 2.20. The smallest absolute Gasteiger partial charge is 0.274 e. The van der Waals surface area contributed by atoms with Gasteiger partial charge in [-0.15, -0.1) is 0 Å². The molecule has 14 heavy (non-hydrogen) atoms. The zero-order valence-corrected chi connectivity index (χ0v) is 7.73. The number of carbonyl (C=O) groups is 1. The van der Waals surface area contributed by atoms with Gasteiger partial charge in [0.2, 0.25) is 0 Å². The maximum atomic E-state index is 11.0. The number of hydrazine groups is 1. The number of phenolic OH excluding ortho intramolecular Hbond substituents is 1. The van der Waals surface area contributed by atoms with E-state index in [1.807, 2.05) is 5.43 Å². The van der Waals surface area contributed by atoms with Crippen molar-refractivity contribution in [1.29, 1.82) is 0 Å². The molecule has 0 saturated heterocycles. The van der Waals surface area contributed by atoms with Gasteiger partial charge >= 0.3 is 0 Å². The summed E-state index contributed by atoms with van der Waals surface area (Å²) in [7, 11) is 0. The van der Waals surface area contributed by atoms with E-state index in [0.29, 0.717) is 5.75 Å². The Labute approximate surface area is 81.5 Å². The van der Waals surface area contributed by atoms with Crippen LogP contribution in [-0.2, 0) is 4.79 Å². The SMILES string of the molecule is CC(Oc1ccc(O)cc1)C(=O)NN. The molecule has 0 spiro atoms. The molecule has 1 unspecified atom stereocenters. The lowest BCUT2D eigenvalue weighted by atomic mass is 10.3. The molecule has 0 aliphatic rings. The number of rotatable bonds is 3. The highest BCUT2D eigenvalue weighted by atomic mass is 16.5. The first-order valence-corrected chi connectivity index (χ1v) is 4.09. The zero-order chi connectivity index (χ0) is 10.6. The summed E-state index contributed by atoms with van der Waals surface area (Å²) in [6, 6.07) is 6.08. The van der Waals surface area contributed by atoms with Crippen molar-refractivity contribution in [2.75, 3.05) is 0 Å². The van der Waals surface area contributed by atoms with Gasteiger partial charge in [-0.3, -0.25) is 10.2 Å². The summed E-state index contributed by atoms with van der Waals surface area (Å²) in [5.74, 6) is 5.17. The first-order chi connectivity index (χ1) is 6.63. The lowest BCUT2D eigenvalue weighted by Gasteiger charge is -2.12. The monoisotopic (exact) mass is 196 g/mol. The summed E-state index contributed by atoms with van der Waals surface area (Å²) in [4.78, 5) is 11.0. The molecule has 5 heteroatoms. The van der Waals surface area contributed by atoms with Crippen molar-refractivity contribution in [2.24, 2.45) is 5.84 Å². The molecular weight excluding hydrogens is 184 g/mol. The fourth-order valence-corrected chi connectivity index (χ4v) is 0.900. The fourth-order valence-electron chi connectivity index (χ4n) is 0.900. The summed E-state index contributed by atoms with van der Waals surface area (Å²) >= 11 is 0. The molecule has 0 radical (unpaired) electrons. The summed E-state index contributed by atoms with van der Waals surface area (Å²) in [5.41, 5.74) is 1.98. The van der Waals surface area contributed by atoms with Crippen LogP contribution in [0.4, 0.5) is 0 Å². The van der Waals surface area contributed by atoms with E-state index in [0.717, 1.165) is 0 Å². The van der Waals surface area contributed by atoms with E-state index in [4.69, 9.17) is 15.7 Å². The number of carbonyl (C=O) groups excluding carboxylic acids is 1. The Morgan fingerprint density at radius 3 is 2.57 bits per heavy atom. The number of hydrogen-bond acceptors (Lipinski definition) is 4. The van der Waals surface area contributed by atoms with Gasteiger partial charge in [-0.1, -0.05) is 0 Å². The second-order valence-corrected chi connectivity index (χ2v) is 2.76. The van der Waals surface area contributed by atoms with Crippen LogP contribution < -0.4 is 16.0 Å². The topological polar surface area (TPSA) is 84.6 Å². The Hall–Kier alpha value is -1.75. The molecule has 5 nitrogen and oxygen atoms in total. The van der Waals surface area contributed by atoms with Gasteiger partial charge in [0.25, 0.3) is 5.91 Å². The summed E-state index contributed by atoms with van der Waals surface area (Å²) in [6.07, 6.45) is -0.662. The first-order valence-electron chi connectivity index (χ1n) is 4.09. The molecule has 0 fully saturated rings. The van der Waals surface area contributed by atoms with Crippen molar-refractivity contribution in [3.8, 4) is 11.5 Å². The van der Waals surface area contributed by atoms with Gasteiger partial charge in [-0.2, -0.15) is 0 Å². The van der Waals surface area contributed by atoms with Crippen molar-refractivity contribution in [1.82, 2.24) is 5.43 Å². The number of phenols is 1. The molecule has 0 heterocycles. The number of aromatic hydroxyl groups is 1. The summed E-state index contributed by atoms with van der Waals surface area (Å²) < 4.78 is 5.22. The summed E-state index contributed by atoms with van der Waals surface area (Å²) in [5, 5.41) is 8.99. The highest BCUT2D eigenvalue weighted by Crippen LogP contribution is 2.16. The third-order valence-electron chi connectivity index (χ3n) is 1.66. The Morgan fingerprint density at radius 2 is 2.07 bits per heavy atom. The van der Waals surface area contributed by atoms with Crippen LogP contribution in [0.15, 0.2) is 24.3 Å². The van der Waals surface area contributed by atoms with Crippen LogP contribution in [0, 0.1) is 0 Å². The molecule has 0 aromatic heterocycles. The summed E-state index contributed by atoms with van der Waals surface area (Å²) in [6.45, 7) is 1.58. The Kier molecular flexibility index (Phi) is 3.30. The molecule has 0 aliphatic heterocycles. The van der Waals surface area contributed by atoms with Crippen molar-refractivity contribution >= 4 is 5.91 Å². The molecule has 0 saturated carbocycles. The third-order valence-corrected chi connectivity index (χ3v) is 1.66. The van der Waals surface area contributed by atoms with Crippen LogP contribution in [0.2, 0.25) is 0 Å². The number of hydrogen-bond donors (Lipinski definition) is 3. The number of ether oxygens (including phenoxy) is 1. The lowest BCUT2D eigenvalue weighted by molar-refractivity contribution is -0.127. The second kappa shape index (κ2) is 4.48. The molecule has 1 aromatic carbocycles. The van der Waals surface area contributed by atoms with E-state index in [-0.39, 0.29) is 5.75 Å². The highest BCUT2D eigenvalue weighted by Gasteiger charge is 2.12. The minimum absolute atomic E-state index is 0.147. The van der Waals surface area contributed by atoms with Crippen LogP contribution in [0.1, 0.15) is 6.92 Å². The van der Waals surface area contributed by atoms with Gasteiger partial charge in [0.15, 0.2) is 6.10 Å². The molecule has 4 N–H and O–H groups in total. The quantitative estimate of drug-likeness (QED) is 0.365. The van der Waals surface area contributed by atoms with Gasteiger partial charge in [0, 0.05) is 0 Å². The van der Waals surface area contributed by atoms with E-state index < -0.39 is 12.0 Å². The normalized spacial score (nSPS) is 11.9. The van der Waals surface area contributed by atoms with E-state index in [1.165, 1.54) is 12.1 Å². The number of nitrogens with one attached hydrogen (secondary N) is 1. The van der Waals surface area contributed by atoms with Crippen LogP contribution >= 0.6 is 0 Å². The maximum Gasteiger partial charge on any atom is 0.274 e. The largest absolute Gasteiger partial charge is 0.508 e. The van der Waals surface area contributed by atoms with Gasteiger partial charge in [-0.05, 0) is 31.2 Å². The molecule has 1 atom stereocenters. The van der Waals surface area contributed by atoms with Crippen LogP contribution in [0.3, 0.4) is 0 Å². The zero-order valence-electron chi connectivity index (χ0n) is 7.73. The molecule has 76 valence electrons.